The molecule has 1 aliphatic heterocycles. The molecular formula is C24H32N4O4. The number of rotatable bonds is 8. The molecule has 0 atom stereocenters. The Morgan fingerprint density at radius 1 is 1.12 bits per heavy atom. The number of nitrogens with zero attached hydrogens (tertiary/aromatic N) is 2. The van der Waals surface area contributed by atoms with E-state index in [2.05, 4.69) is 15.5 Å². The van der Waals surface area contributed by atoms with Gasteiger partial charge in [0.2, 0.25) is 5.91 Å². The van der Waals surface area contributed by atoms with Gasteiger partial charge in [-0.05, 0) is 49.2 Å². The predicted octanol–water partition coefficient (Wildman–Crippen LogP) is 2.66. The highest BCUT2D eigenvalue weighted by atomic mass is 16.5. The van der Waals surface area contributed by atoms with Crippen LogP contribution in [0.25, 0.3) is 0 Å². The van der Waals surface area contributed by atoms with E-state index in [4.69, 9.17) is 9.47 Å². The Bertz CT molecular complexity index is 911. The number of hydrogen-bond donors (Lipinski definition) is 2. The maximum atomic E-state index is 12.4. The molecule has 1 heterocycles. The van der Waals surface area contributed by atoms with Crippen LogP contribution in [-0.2, 0) is 16.0 Å². The van der Waals surface area contributed by atoms with E-state index in [1.807, 2.05) is 49.4 Å². The number of carbonyl (C=O) groups is 2. The number of amides is 3. The number of hydrogen-bond acceptors (Lipinski definition) is 5. The Kier molecular flexibility index (Phi) is 8.33. The molecule has 0 aromatic heterocycles. The Morgan fingerprint density at radius 3 is 2.53 bits per heavy atom. The Balaban J connectivity index is 1.42. The summed E-state index contributed by atoms with van der Waals surface area (Å²) >= 11 is 0. The molecule has 0 saturated carbocycles. The van der Waals surface area contributed by atoms with Crippen LogP contribution >= 0.6 is 0 Å². The van der Waals surface area contributed by atoms with Crippen LogP contribution in [0.5, 0.6) is 5.75 Å². The van der Waals surface area contributed by atoms with E-state index >= 15 is 0 Å². The van der Waals surface area contributed by atoms with Gasteiger partial charge in [-0.3, -0.25) is 4.79 Å². The lowest BCUT2D eigenvalue weighted by molar-refractivity contribution is -0.116. The number of urea groups is 1. The molecule has 8 heteroatoms. The van der Waals surface area contributed by atoms with E-state index < -0.39 is 0 Å². The second kappa shape index (κ2) is 11.4. The van der Waals surface area contributed by atoms with Gasteiger partial charge in [0.25, 0.3) is 0 Å². The van der Waals surface area contributed by atoms with E-state index in [0.717, 1.165) is 48.9 Å². The second-order valence-corrected chi connectivity index (χ2v) is 7.85. The molecule has 1 fully saturated rings. The first kappa shape index (κ1) is 23.4. The molecule has 32 heavy (non-hydrogen) atoms. The number of benzene rings is 2. The van der Waals surface area contributed by atoms with E-state index in [1.165, 1.54) is 4.90 Å². The molecule has 1 aliphatic rings. The molecule has 0 aliphatic carbocycles. The Hall–Kier alpha value is -3.26. The van der Waals surface area contributed by atoms with Crippen molar-refractivity contribution in [2.75, 3.05) is 63.8 Å². The molecule has 3 rings (SSSR count). The smallest absolute Gasteiger partial charge is 0.317 e. The normalized spacial score (nSPS) is 13.4. The minimum Gasteiger partial charge on any atom is -0.496 e. The minimum absolute atomic E-state index is 0.0369. The summed E-state index contributed by atoms with van der Waals surface area (Å²) in [6, 6.07) is 13.4. The van der Waals surface area contributed by atoms with Crippen LogP contribution in [0.2, 0.25) is 0 Å². The van der Waals surface area contributed by atoms with Crippen molar-refractivity contribution in [2.24, 2.45) is 0 Å². The first-order valence-electron chi connectivity index (χ1n) is 10.8. The van der Waals surface area contributed by atoms with Gasteiger partial charge >= 0.3 is 6.03 Å². The second-order valence-electron chi connectivity index (χ2n) is 7.85. The number of likely N-dealkylation sites (N-methyl/N-ethyl adjacent to an activating group) is 1. The van der Waals surface area contributed by atoms with Crippen molar-refractivity contribution in [3.05, 3.63) is 53.6 Å². The lowest BCUT2D eigenvalue weighted by atomic mass is 10.1. The largest absolute Gasteiger partial charge is 0.496 e. The standard InChI is InChI=1S/C24H32N4O4/c1-18-4-9-22(31-3)19(16-18)10-11-25-24(30)27(2)17-23(29)26-20-5-7-21(8-6-20)28-12-14-32-15-13-28/h4-9,16H,10-15,17H2,1-3H3,(H,25,30)(H,26,29). The fraction of sp³-hybridized carbons (Fsp3) is 0.417. The summed E-state index contributed by atoms with van der Waals surface area (Å²) in [7, 11) is 3.24. The average Bonchev–Trinajstić information content (AvgIpc) is 2.80. The molecule has 0 radical (unpaired) electrons. The maximum absolute atomic E-state index is 12.4. The number of carbonyl (C=O) groups excluding carboxylic acids is 2. The van der Waals surface area contributed by atoms with Crippen LogP contribution in [0.3, 0.4) is 0 Å². The van der Waals surface area contributed by atoms with Crippen LogP contribution in [0, 0.1) is 6.92 Å². The fourth-order valence-electron chi connectivity index (χ4n) is 3.61. The van der Waals surface area contributed by atoms with Crippen LogP contribution < -0.4 is 20.3 Å². The van der Waals surface area contributed by atoms with Crippen LogP contribution in [-0.4, -0.2) is 70.4 Å². The quantitative estimate of drug-likeness (QED) is 0.660. The number of anilines is 2. The third-order valence-corrected chi connectivity index (χ3v) is 5.36. The molecule has 0 unspecified atom stereocenters. The van der Waals surface area contributed by atoms with E-state index in [-0.39, 0.29) is 18.5 Å². The maximum Gasteiger partial charge on any atom is 0.317 e. The molecule has 0 spiro atoms. The van der Waals surface area contributed by atoms with E-state index in [1.54, 1.807) is 14.2 Å². The summed E-state index contributed by atoms with van der Waals surface area (Å²) in [5.41, 5.74) is 3.98. The van der Waals surface area contributed by atoms with Gasteiger partial charge in [0.1, 0.15) is 12.3 Å². The monoisotopic (exact) mass is 440 g/mol. The van der Waals surface area contributed by atoms with Crippen LogP contribution in [0.15, 0.2) is 42.5 Å². The Morgan fingerprint density at radius 2 is 1.84 bits per heavy atom. The summed E-state index contributed by atoms with van der Waals surface area (Å²) in [5, 5.41) is 5.69. The van der Waals surface area contributed by atoms with E-state index in [0.29, 0.717) is 18.7 Å². The van der Waals surface area contributed by atoms with Gasteiger partial charge in [0, 0.05) is 38.1 Å². The van der Waals surface area contributed by atoms with Gasteiger partial charge in [-0.2, -0.15) is 0 Å². The predicted molar refractivity (Wildman–Crippen MR) is 126 cm³/mol. The van der Waals surface area contributed by atoms with Crippen molar-refractivity contribution in [1.82, 2.24) is 10.2 Å². The van der Waals surface area contributed by atoms with Gasteiger partial charge in [0.05, 0.1) is 20.3 Å². The van der Waals surface area contributed by atoms with Crippen LogP contribution in [0.4, 0.5) is 16.2 Å². The van der Waals surface area contributed by atoms with Crippen molar-refractivity contribution in [3.63, 3.8) is 0 Å². The molecule has 2 N–H and O–H groups in total. The molecule has 1 saturated heterocycles. The lowest BCUT2D eigenvalue weighted by Gasteiger charge is -2.28. The zero-order valence-corrected chi connectivity index (χ0v) is 19.0. The number of nitrogens with one attached hydrogen (secondary N) is 2. The molecule has 2 aromatic rings. The van der Waals surface area contributed by atoms with Gasteiger partial charge in [0.15, 0.2) is 0 Å². The van der Waals surface area contributed by atoms with Crippen molar-refractivity contribution in [1.29, 1.82) is 0 Å². The highest BCUT2D eigenvalue weighted by molar-refractivity contribution is 5.94. The van der Waals surface area contributed by atoms with Gasteiger partial charge < -0.3 is 29.9 Å². The summed E-state index contributed by atoms with van der Waals surface area (Å²) in [6.45, 7) is 5.61. The van der Waals surface area contributed by atoms with Crippen LogP contribution in [0.1, 0.15) is 11.1 Å². The molecule has 2 aromatic carbocycles. The molecule has 3 amide bonds. The number of morpholine rings is 1. The minimum atomic E-state index is -0.297. The summed E-state index contributed by atoms with van der Waals surface area (Å²) in [4.78, 5) is 28.3. The summed E-state index contributed by atoms with van der Waals surface area (Å²) in [6.07, 6.45) is 0.645. The highest BCUT2D eigenvalue weighted by Crippen LogP contribution is 2.20. The van der Waals surface area contributed by atoms with Crippen molar-refractivity contribution < 1.29 is 19.1 Å². The van der Waals surface area contributed by atoms with Crippen molar-refractivity contribution >= 4 is 23.3 Å². The average molecular weight is 441 g/mol. The first-order chi connectivity index (χ1) is 15.5. The highest BCUT2D eigenvalue weighted by Gasteiger charge is 2.14. The molecule has 8 nitrogen and oxygen atoms in total. The summed E-state index contributed by atoms with van der Waals surface area (Å²) < 4.78 is 10.7. The fourth-order valence-corrected chi connectivity index (χ4v) is 3.61. The number of methoxy groups -OCH3 is 1. The molecule has 0 bridgehead atoms. The molecule has 172 valence electrons. The first-order valence-corrected chi connectivity index (χ1v) is 10.8. The van der Waals surface area contributed by atoms with Gasteiger partial charge in [-0.15, -0.1) is 0 Å². The number of aryl methyl sites for hydroxylation is 1. The number of ether oxygens (including phenoxy) is 2. The lowest BCUT2D eigenvalue weighted by Crippen LogP contribution is -2.42. The molecular weight excluding hydrogens is 408 g/mol. The van der Waals surface area contributed by atoms with Gasteiger partial charge in [-0.1, -0.05) is 17.7 Å². The van der Waals surface area contributed by atoms with Crippen molar-refractivity contribution in [3.8, 4) is 5.75 Å². The third kappa shape index (κ3) is 6.62. The van der Waals surface area contributed by atoms with E-state index in [9.17, 15) is 9.59 Å². The van der Waals surface area contributed by atoms with Crippen molar-refractivity contribution in [2.45, 2.75) is 13.3 Å². The topological polar surface area (TPSA) is 83.1 Å². The third-order valence-electron chi connectivity index (χ3n) is 5.36. The zero-order valence-electron chi connectivity index (χ0n) is 19.0. The Labute approximate surface area is 189 Å². The van der Waals surface area contributed by atoms with Gasteiger partial charge in [-0.25, -0.2) is 4.79 Å². The SMILES string of the molecule is COc1ccc(C)cc1CCNC(=O)N(C)CC(=O)Nc1ccc(N2CCOCC2)cc1. The zero-order chi connectivity index (χ0) is 22.9. The summed E-state index contributed by atoms with van der Waals surface area (Å²) in [5.74, 6) is 0.555.